The summed E-state index contributed by atoms with van der Waals surface area (Å²) in [4.78, 5) is 17.0. The van der Waals surface area contributed by atoms with Crippen LogP contribution in [0.1, 0.15) is 51.0 Å². The van der Waals surface area contributed by atoms with Crippen molar-refractivity contribution < 1.29 is 9.53 Å². The Labute approximate surface area is 148 Å². The SMILES string of the molecule is CCCCOC(=O)/C=C/c1cnc(-c2ccc(C(C)(C)C)cc2)s1. The summed E-state index contributed by atoms with van der Waals surface area (Å²) in [5.74, 6) is -0.298. The lowest BCUT2D eigenvalue weighted by Crippen LogP contribution is -2.10. The van der Waals surface area contributed by atoms with Crippen molar-refractivity contribution in [2.45, 2.75) is 46.0 Å². The Hall–Kier alpha value is -1.94. The van der Waals surface area contributed by atoms with Gasteiger partial charge in [0.05, 0.1) is 6.61 Å². The zero-order chi connectivity index (χ0) is 17.6. The molecule has 0 amide bonds. The molecule has 0 aliphatic heterocycles. The third-order valence-electron chi connectivity index (χ3n) is 3.65. The normalized spacial score (nSPS) is 11.8. The first-order valence-electron chi connectivity index (χ1n) is 8.31. The van der Waals surface area contributed by atoms with Gasteiger partial charge in [-0.05, 0) is 23.5 Å². The molecule has 2 aromatic rings. The second-order valence-corrected chi connectivity index (χ2v) is 7.81. The maximum Gasteiger partial charge on any atom is 0.330 e. The highest BCUT2D eigenvalue weighted by Gasteiger charge is 2.13. The molecule has 0 saturated heterocycles. The smallest absolute Gasteiger partial charge is 0.330 e. The monoisotopic (exact) mass is 343 g/mol. The number of rotatable bonds is 6. The van der Waals surface area contributed by atoms with Crippen molar-refractivity contribution in [1.82, 2.24) is 4.98 Å². The van der Waals surface area contributed by atoms with Crippen molar-refractivity contribution in [2.75, 3.05) is 6.61 Å². The van der Waals surface area contributed by atoms with Gasteiger partial charge in [-0.2, -0.15) is 0 Å². The minimum Gasteiger partial charge on any atom is -0.463 e. The van der Waals surface area contributed by atoms with Gasteiger partial charge < -0.3 is 4.74 Å². The van der Waals surface area contributed by atoms with Gasteiger partial charge in [0.1, 0.15) is 5.01 Å². The lowest BCUT2D eigenvalue weighted by atomic mass is 9.87. The summed E-state index contributed by atoms with van der Waals surface area (Å²) in [5, 5.41) is 0.953. The van der Waals surface area contributed by atoms with E-state index in [1.807, 2.05) is 0 Å². The summed E-state index contributed by atoms with van der Waals surface area (Å²) in [5.41, 5.74) is 2.55. The van der Waals surface area contributed by atoms with E-state index in [9.17, 15) is 4.79 Å². The standard InChI is InChI=1S/C20H25NO2S/c1-5-6-13-23-18(22)12-11-17-14-21-19(24-17)15-7-9-16(10-8-15)20(2,3)4/h7-12,14H,5-6,13H2,1-4H3/b12-11+. The van der Waals surface area contributed by atoms with E-state index in [2.05, 4.69) is 56.9 Å². The number of carbonyl (C=O) groups excluding carboxylic acids is 1. The zero-order valence-corrected chi connectivity index (χ0v) is 15.7. The van der Waals surface area contributed by atoms with Gasteiger partial charge in [-0.1, -0.05) is 58.4 Å². The molecule has 0 bridgehead atoms. The van der Waals surface area contributed by atoms with Crippen molar-refractivity contribution in [3.05, 3.63) is 47.0 Å². The summed E-state index contributed by atoms with van der Waals surface area (Å²) < 4.78 is 5.10. The number of esters is 1. The fraction of sp³-hybridized carbons (Fsp3) is 0.400. The van der Waals surface area contributed by atoms with Crippen molar-refractivity contribution in [1.29, 1.82) is 0 Å². The van der Waals surface area contributed by atoms with Gasteiger partial charge in [-0.25, -0.2) is 9.78 Å². The van der Waals surface area contributed by atoms with E-state index in [0.29, 0.717) is 6.61 Å². The summed E-state index contributed by atoms with van der Waals surface area (Å²) in [6.07, 6.45) is 6.93. The molecule has 0 aliphatic rings. The number of unbranched alkanes of at least 4 members (excludes halogenated alkanes) is 1. The highest BCUT2D eigenvalue weighted by molar-refractivity contribution is 7.15. The molecule has 0 saturated carbocycles. The minimum absolute atomic E-state index is 0.146. The predicted molar refractivity (Wildman–Crippen MR) is 101 cm³/mol. The molecule has 0 radical (unpaired) electrons. The van der Waals surface area contributed by atoms with Gasteiger partial charge in [-0.15, -0.1) is 11.3 Å². The van der Waals surface area contributed by atoms with Gasteiger partial charge in [0.2, 0.25) is 0 Å². The lowest BCUT2D eigenvalue weighted by Gasteiger charge is -2.18. The van der Waals surface area contributed by atoms with Crippen LogP contribution in [-0.2, 0) is 14.9 Å². The Kier molecular flexibility index (Phi) is 6.32. The van der Waals surface area contributed by atoms with Crippen molar-refractivity contribution in [2.24, 2.45) is 0 Å². The first-order chi connectivity index (χ1) is 11.4. The number of hydrogen-bond acceptors (Lipinski definition) is 4. The molecule has 0 spiro atoms. The number of aromatic nitrogens is 1. The average Bonchev–Trinajstić information content (AvgIpc) is 3.01. The largest absolute Gasteiger partial charge is 0.463 e. The van der Waals surface area contributed by atoms with E-state index < -0.39 is 0 Å². The molecule has 0 aliphatic carbocycles. The molecule has 4 heteroatoms. The van der Waals surface area contributed by atoms with Crippen LogP contribution in [-0.4, -0.2) is 17.6 Å². The maximum absolute atomic E-state index is 11.6. The molecule has 0 fully saturated rings. The first-order valence-corrected chi connectivity index (χ1v) is 9.13. The first kappa shape index (κ1) is 18.4. The Bertz CT molecular complexity index is 693. The molecule has 0 atom stereocenters. The predicted octanol–water partition coefficient (Wildman–Crippen LogP) is 5.46. The lowest BCUT2D eigenvalue weighted by molar-refractivity contribution is -0.137. The van der Waals surface area contributed by atoms with Crippen LogP contribution in [0.3, 0.4) is 0 Å². The second-order valence-electron chi connectivity index (χ2n) is 6.75. The summed E-state index contributed by atoms with van der Waals surface area (Å²) in [6, 6.07) is 8.51. The topological polar surface area (TPSA) is 39.2 Å². The number of nitrogens with zero attached hydrogens (tertiary/aromatic N) is 1. The van der Waals surface area contributed by atoms with E-state index in [1.54, 1.807) is 23.6 Å². The van der Waals surface area contributed by atoms with Crippen LogP contribution in [0.25, 0.3) is 16.6 Å². The number of benzene rings is 1. The fourth-order valence-corrected chi connectivity index (χ4v) is 2.95. The number of thiazole rings is 1. The van der Waals surface area contributed by atoms with Gasteiger partial charge in [-0.3, -0.25) is 0 Å². The molecule has 3 nitrogen and oxygen atoms in total. The van der Waals surface area contributed by atoms with E-state index in [4.69, 9.17) is 4.74 Å². The van der Waals surface area contributed by atoms with E-state index in [0.717, 1.165) is 28.3 Å². The van der Waals surface area contributed by atoms with Crippen LogP contribution in [0.15, 0.2) is 36.5 Å². The number of ether oxygens (including phenoxy) is 1. The van der Waals surface area contributed by atoms with E-state index in [1.165, 1.54) is 11.6 Å². The third-order valence-corrected chi connectivity index (χ3v) is 4.66. The molecule has 1 aromatic carbocycles. The van der Waals surface area contributed by atoms with E-state index >= 15 is 0 Å². The molecule has 0 unspecified atom stereocenters. The fourth-order valence-electron chi connectivity index (χ4n) is 2.13. The van der Waals surface area contributed by atoms with Gasteiger partial charge in [0, 0.05) is 22.7 Å². The second kappa shape index (κ2) is 8.25. The molecule has 128 valence electrons. The summed E-state index contributed by atoms with van der Waals surface area (Å²) in [6.45, 7) is 9.15. The molecule has 0 N–H and O–H groups in total. The van der Waals surface area contributed by atoms with E-state index in [-0.39, 0.29) is 11.4 Å². The van der Waals surface area contributed by atoms with Crippen LogP contribution < -0.4 is 0 Å². The quantitative estimate of drug-likeness (QED) is 0.397. The molecule has 24 heavy (non-hydrogen) atoms. The third kappa shape index (κ3) is 5.31. The van der Waals surface area contributed by atoms with Crippen LogP contribution >= 0.6 is 11.3 Å². The van der Waals surface area contributed by atoms with Crippen molar-refractivity contribution >= 4 is 23.4 Å². The average molecular weight is 343 g/mol. The Morgan fingerprint density at radius 1 is 1.25 bits per heavy atom. The van der Waals surface area contributed by atoms with Crippen molar-refractivity contribution in [3.63, 3.8) is 0 Å². The Morgan fingerprint density at radius 3 is 2.58 bits per heavy atom. The number of carbonyl (C=O) groups is 1. The van der Waals surface area contributed by atoms with Crippen LogP contribution in [0, 0.1) is 0 Å². The zero-order valence-electron chi connectivity index (χ0n) is 14.8. The Balaban J connectivity index is 2.01. The maximum atomic E-state index is 11.6. The molecule has 1 heterocycles. The molecule has 2 rings (SSSR count). The molecular weight excluding hydrogens is 318 g/mol. The Morgan fingerprint density at radius 2 is 1.96 bits per heavy atom. The minimum atomic E-state index is -0.298. The highest BCUT2D eigenvalue weighted by Crippen LogP contribution is 2.29. The summed E-state index contributed by atoms with van der Waals surface area (Å²) in [7, 11) is 0. The highest BCUT2D eigenvalue weighted by atomic mass is 32.1. The van der Waals surface area contributed by atoms with Crippen LogP contribution in [0.2, 0.25) is 0 Å². The molecule has 1 aromatic heterocycles. The molecular formula is C20H25NO2S. The van der Waals surface area contributed by atoms with Crippen molar-refractivity contribution in [3.8, 4) is 10.6 Å². The van der Waals surface area contributed by atoms with Crippen LogP contribution in [0.4, 0.5) is 0 Å². The van der Waals surface area contributed by atoms with Gasteiger partial charge in [0.25, 0.3) is 0 Å². The summed E-state index contributed by atoms with van der Waals surface area (Å²) >= 11 is 1.56. The number of hydrogen-bond donors (Lipinski definition) is 0. The van der Waals surface area contributed by atoms with Crippen LogP contribution in [0.5, 0.6) is 0 Å². The van der Waals surface area contributed by atoms with Gasteiger partial charge in [0.15, 0.2) is 0 Å². The van der Waals surface area contributed by atoms with Gasteiger partial charge >= 0.3 is 5.97 Å².